The Bertz CT molecular complexity index is 365. The van der Waals surface area contributed by atoms with E-state index in [1.54, 1.807) is 0 Å². The van der Waals surface area contributed by atoms with Crippen LogP contribution in [-0.4, -0.2) is 19.0 Å². The minimum absolute atomic E-state index is 0.0341. The smallest absolute Gasteiger partial charge is 0.233 e. The third-order valence-electron chi connectivity index (χ3n) is 2.36. The molecule has 1 unspecified atom stereocenters. The summed E-state index contributed by atoms with van der Waals surface area (Å²) in [7, 11) is 0. The maximum atomic E-state index is 11.5. The number of halogens is 1. The summed E-state index contributed by atoms with van der Waals surface area (Å²) in [4.78, 5) is 11.5. The quantitative estimate of drug-likeness (QED) is 0.838. The van der Waals surface area contributed by atoms with Gasteiger partial charge in [0.05, 0.1) is 10.9 Å². The van der Waals surface area contributed by atoms with Crippen molar-refractivity contribution in [2.45, 2.75) is 26.8 Å². The molecule has 0 saturated heterocycles. The van der Waals surface area contributed by atoms with Gasteiger partial charge in [-0.25, -0.2) is 0 Å². The minimum atomic E-state index is 0.0341. The van der Waals surface area contributed by atoms with Gasteiger partial charge in [-0.2, -0.15) is 0 Å². The highest BCUT2D eigenvalue weighted by molar-refractivity contribution is 7.14. The van der Waals surface area contributed by atoms with Crippen LogP contribution in [-0.2, 0) is 4.79 Å². The summed E-state index contributed by atoms with van der Waals surface area (Å²) < 4.78 is 0.776. The lowest BCUT2D eigenvalue weighted by Gasteiger charge is -2.13. The first kappa shape index (κ1) is 14.5. The number of nitrogens with one attached hydrogen (secondary N) is 2. The lowest BCUT2D eigenvalue weighted by atomic mass is 10.2. The molecule has 0 spiro atoms. The molecule has 1 amide bonds. The summed E-state index contributed by atoms with van der Waals surface area (Å²) in [6, 6.07) is 2.07. The van der Waals surface area contributed by atoms with Crippen molar-refractivity contribution in [1.29, 1.82) is 0 Å². The van der Waals surface area contributed by atoms with Crippen LogP contribution in [0.4, 0.5) is 0 Å². The first-order valence-corrected chi connectivity index (χ1v) is 6.98. The zero-order chi connectivity index (χ0) is 12.8. The Morgan fingerprint density at radius 2 is 2.18 bits per heavy atom. The fourth-order valence-electron chi connectivity index (χ4n) is 1.29. The molecular formula is C12H19ClN2OS. The fourth-order valence-corrected chi connectivity index (χ4v) is 2.28. The molecule has 1 aromatic heterocycles. The molecule has 0 aliphatic rings. The largest absolute Gasteiger partial charge is 0.355 e. The molecule has 0 bridgehead atoms. The molecule has 0 fully saturated rings. The highest BCUT2D eigenvalue weighted by Gasteiger charge is 2.09. The van der Waals surface area contributed by atoms with Gasteiger partial charge in [-0.05, 0) is 29.9 Å². The molecule has 3 nitrogen and oxygen atoms in total. The average Bonchev–Trinajstić information content (AvgIpc) is 2.70. The Labute approximate surface area is 112 Å². The molecule has 2 N–H and O–H groups in total. The Kier molecular flexibility index (Phi) is 5.95. The van der Waals surface area contributed by atoms with Crippen molar-refractivity contribution in [2.24, 2.45) is 5.92 Å². The van der Waals surface area contributed by atoms with Gasteiger partial charge in [-0.15, -0.1) is 11.3 Å². The van der Waals surface area contributed by atoms with Gasteiger partial charge in [0.2, 0.25) is 5.91 Å². The highest BCUT2D eigenvalue weighted by atomic mass is 35.5. The highest BCUT2D eigenvalue weighted by Crippen LogP contribution is 2.24. The minimum Gasteiger partial charge on any atom is -0.355 e. The van der Waals surface area contributed by atoms with Crippen molar-refractivity contribution >= 4 is 28.8 Å². The van der Waals surface area contributed by atoms with E-state index in [1.807, 2.05) is 18.4 Å². The van der Waals surface area contributed by atoms with Crippen LogP contribution in [0.5, 0.6) is 0 Å². The van der Waals surface area contributed by atoms with E-state index in [2.05, 4.69) is 24.5 Å². The van der Waals surface area contributed by atoms with Crippen molar-refractivity contribution < 1.29 is 4.79 Å². The standard InChI is InChI=1S/C12H19ClN2OS/c1-8(2)5-15-12(16)6-14-9(3)10-4-11(13)17-7-10/h4,7-9,14H,5-6H2,1-3H3,(H,15,16). The van der Waals surface area contributed by atoms with Gasteiger partial charge in [-0.1, -0.05) is 25.4 Å². The molecular weight excluding hydrogens is 256 g/mol. The van der Waals surface area contributed by atoms with Gasteiger partial charge in [0.25, 0.3) is 0 Å². The molecule has 5 heteroatoms. The molecule has 1 aromatic rings. The summed E-state index contributed by atoms with van der Waals surface area (Å²) in [5, 5.41) is 8.05. The molecule has 0 aromatic carbocycles. The number of thiophene rings is 1. The summed E-state index contributed by atoms with van der Waals surface area (Å²) >= 11 is 7.37. The number of carbonyl (C=O) groups excluding carboxylic acids is 1. The van der Waals surface area contributed by atoms with Crippen LogP contribution in [0, 0.1) is 5.92 Å². The van der Waals surface area contributed by atoms with Crippen LogP contribution < -0.4 is 10.6 Å². The Balaban J connectivity index is 2.28. The number of rotatable bonds is 6. The van der Waals surface area contributed by atoms with E-state index in [9.17, 15) is 4.79 Å². The molecule has 1 heterocycles. The number of carbonyl (C=O) groups is 1. The predicted octanol–water partition coefficient (Wildman–Crippen LogP) is 2.82. The number of amides is 1. The Morgan fingerprint density at radius 3 is 2.71 bits per heavy atom. The van der Waals surface area contributed by atoms with Crippen molar-refractivity contribution in [3.63, 3.8) is 0 Å². The van der Waals surface area contributed by atoms with Gasteiger partial charge in [0, 0.05) is 12.6 Å². The zero-order valence-corrected chi connectivity index (χ0v) is 12.0. The topological polar surface area (TPSA) is 41.1 Å². The zero-order valence-electron chi connectivity index (χ0n) is 10.4. The summed E-state index contributed by atoms with van der Waals surface area (Å²) in [5.74, 6) is 0.513. The van der Waals surface area contributed by atoms with Crippen LogP contribution in [0.1, 0.15) is 32.4 Å². The van der Waals surface area contributed by atoms with Crippen molar-refractivity contribution in [1.82, 2.24) is 10.6 Å². The number of hydrogen-bond acceptors (Lipinski definition) is 3. The molecule has 1 atom stereocenters. The second-order valence-electron chi connectivity index (χ2n) is 4.48. The molecule has 0 saturated carbocycles. The van der Waals surface area contributed by atoms with E-state index in [0.29, 0.717) is 12.5 Å². The predicted molar refractivity (Wildman–Crippen MR) is 73.6 cm³/mol. The van der Waals surface area contributed by atoms with Gasteiger partial charge in [0.1, 0.15) is 0 Å². The van der Waals surface area contributed by atoms with Crippen LogP contribution in [0.2, 0.25) is 4.34 Å². The van der Waals surface area contributed by atoms with Crippen molar-refractivity contribution in [3.05, 3.63) is 21.3 Å². The van der Waals surface area contributed by atoms with Crippen molar-refractivity contribution in [2.75, 3.05) is 13.1 Å². The van der Waals surface area contributed by atoms with E-state index in [4.69, 9.17) is 11.6 Å². The van der Waals surface area contributed by atoms with Gasteiger partial charge in [0.15, 0.2) is 0 Å². The first-order chi connectivity index (χ1) is 7.99. The van der Waals surface area contributed by atoms with Crippen LogP contribution in [0.25, 0.3) is 0 Å². The van der Waals surface area contributed by atoms with Crippen LogP contribution in [0.15, 0.2) is 11.4 Å². The molecule has 96 valence electrons. The summed E-state index contributed by atoms with van der Waals surface area (Å²) in [6.07, 6.45) is 0. The van der Waals surface area contributed by atoms with Crippen LogP contribution in [0.3, 0.4) is 0 Å². The average molecular weight is 275 g/mol. The summed E-state index contributed by atoms with van der Waals surface area (Å²) in [6.45, 7) is 7.22. The van der Waals surface area contributed by atoms with Gasteiger partial charge in [-0.3, -0.25) is 4.79 Å². The first-order valence-electron chi connectivity index (χ1n) is 5.73. The third kappa shape index (κ3) is 5.52. The SMILES string of the molecule is CC(C)CNC(=O)CNC(C)c1csc(Cl)c1. The lowest BCUT2D eigenvalue weighted by molar-refractivity contribution is -0.120. The van der Waals surface area contributed by atoms with Crippen LogP contribution >= 0.6 is 22.9 Å². The maximum absolute atomic E-state index is 11.5. The molecule has 1 rings (SSSR count). The molecule has 0 aliphatic heterocycles. The second-order valence-corrected chi connectivity index (χ2v) is 6.03. The van der Waals surface area contributed by atoms with E-state index in [-0.39, 0.29) is 11.9 Å². The second kappa shape index (κ2) is 6.99. The van der Waals surface area contributed by atoms with E-state index >= 15 is 0 Å². The van der Waals surface area contributed by atoms with E-state index < -0.39 is 0 Å². The molecule has 0 aliphatic carbocycles. The summed E-state index contributed by atoms with van der Waals surface area (Å²) in [5.41, 5.74) is 1.12. The number of hydrogen-bond donors (Lipinski definition) is 2. The molecule has 0 radical (unpaired) electrons. The third-order valence-corrected chi connectivity index (χ3v) is 3.47. The van der Waals surface area contributed by atoms with E-state index in [1.165, 1.54) is 11.3 Å². The van der Waals surface area contributed by atoms with Crippen molar-refractivity contribution in [3.8, 4) is 0 Å². The maximum Gasteiger partial charge on any atom is 0.233 e. The normalized spacial score (nSPS) is 12.8. The molecule has 17 heavy (non-hydrogen) atoms. The lowest BCUT2D eigenvalue weighted by Crippen LogP contribution is -2.36. The monoisotopic (exact) mass is 274 g/mol. The van der Waals surface area contributed by atoms with Gasteiger partial charge < -0.3 is 10.6 Å². The Hall–Kier alpha value is -0.580. The Morgan fingerprint density at radius 1 is 1.47 bits per heavy atom. The fraction of sp³-hybridized carbons (Fsp3) is 0.583. The van der Waals surface area contributed by atoms with Gasteiger partial charge >= 0.3 is 0 Å². The van der Waals surface area contributed by atoms with E-state index in [0.717, 1.165) is 16.4 Å².